The van der Waals surface area contributed by atoms with E-state index >= 15 is 0 Å². The minimum absolute atomic E-state index is 0.191. The van der Waals surface area contributed by atoms with Crippen LogP contribution in [0.1, 0.15) is 35.2 Å². The highest BCUT2D eigenvalue weighted by atomic mass is 32.2. The highest BCUT2D eigenvalue weighted by Gasteiger charge is 2.35. The zero-order valence-electron chi connectivity index (χ0n) is 24.6. The molecule has 1 aliphatic rings. The second-order valence-electron chi connectivity index (χ2n) is 10.2. The normalized spacial score (nSPS) is 14.6. The zero-order chi connectivity index (χ0) is 31.3. The summed E-state index contributed by atoms with van der Waals surface area (Å²) in [6, 6.07) is 30.2. The van der Waals surface area contributed by atoms with Crippen LogP contribution in [0.5, 0.6) is 5.75 Å². The molecule has 0 unspecified atom stereocenters. The van der Waals surface area contributed by atoms with Crippen molar-refractivity contribution in [2.45, 2.75) is 24.5 Å². The fraction of sp³-hybridized carbons (Fsp3) is 0.139. The number of halogens is 1. The molecule has 0 N–H and O–H groups in total. The Labute approximate surface area is 267 Å². The molecule has 0 aliphatic carbocycles. The number of thiazole rings is 1. The average Bonchev–Trinajstić information content (AvgIpc) is 3.38. The molecule has 9 heteroatoms. The summed E-state index contributed by atoms with van der Waals surface area (Å²) in [5.41, 5.74) is 3.78. The summed E-state index contributed by atoms with van der Waals surface area (Å²) < 4.78 is 26.7. The van der Waals surface area contributed by atoms with Gasteiger partial charge in [0.25, 0.3) is 5.56 Å². The van der Waals surface area contributed by atoms with Gasteiger partial charge in [-0.2, -0.15) is 0 Å². The van der Waals surface area contributed by atoms with Crippen molar-refractivity contribution in [1.29, 1.82) is 0 Å². The van der Waals surface area contributed by atoms with E-state index in [1.54, 1.807) is 35.4 Å². The molecule has 6 rings (SSSR count). The Bertz CT molecular complexity index is 2030. The molecule has 226 valence electrons. The molecule has 4 aromatic carbocycles. The van der Waals surface area contributed by atoms with Crippen LogP contribution in [0.3, 0.4) is 0 Å². The third-order valence-electron chi connectivity index (χ3n) is 7.30. The van der Waals surface area contributed by atoms with Gasteiger partial charge in [0.2, 0.25) is 0 Å². The van der Waals surface area contributed by atoms with Crippen LogP contribution in [0.4, 0.5) is 4.39 Å². The van der Waals surface area contributed by atoms with Crippen molar-refractivity contribution >= 4 is 40.8 Å². The predicted molar refractivity (Wildman–Crippen MR) is 176 cm³/mol. The minimum atomic E-state index is -0.726. The van der Waals surface area contributed by atoms with Crippen molar-refractivity contribution in [3.05, 3.63) is 156 Å². The minimum Gasteiger partial charge on any atom is -0.489 e. The van der Waals surface area contributed by atoms with Crippen LogP contribution in [0.15, 0.2) is 123 Å². The summed E-state index contributed by atoms with van der Waals surface area (Å²) in [5, 5.41) is 0. The molecule has 45 heavy (non-hydrogen) atoms. The Morgan fingerprint density at radius 1 is 0.978 bits per heavy atom. The van der Waals surface area contributed by atoms with E-state index in [-0.39, 0.29) is 18.0 Å². The third-order valence-corrected chi connectivity index (χ3v) is 9.03. The van der Waals surface area contributed by atoms with E-state index in [4.69, 9.17) is 14.5 Å². The summed E-state index contributed by atoms with van der Waals surface area (Å²) in [6.45, 7) is 2.26. The number of carbonyl (C=O) groups is 1. The molecule has 0 saturated heterocycles. The van der Waals surface area contributed by atoms with Gasteiger partial charge in [0, 0.05) is 10.5 Å². The Morgan fingerprint density at radius 3 is 2.36 bits per heavy atom. The molecule has 0 bridgehead atoms. The standard InChI is InChI=1S/C36H29FN2O4S2/c1-3-42-35(41)31-32(25-7-5-4-6-8-25)38-36-39(33(31)26-13-19-29(44-2)20-14-26)34(40)30(45-36)21-23-11-17-28(18-12-23)43-22-24-9-15-27(37)16-10-24/h4-21,33H,3,22H2,1-2H3/b30-21-/t33-/m0/s1. The predicted octanol–water partition coefficient (Wildman–Crippen LogP) is 6.38. The number of fused-ring (bicyclic) bond motifs is 1. The molecule has 0 fully saturated rings. The number of hydrogen-bond acceptors (Lipinski definition) is 7. The number of aromatic nitrogens is 1. The summed E-state index contributed by atoms with van der Waals surface area (Å²) in [5.74, 6) is -0.149. The van der Waals surface area contributed by atoms with E-state index in [0.29, 0.717) is 33.0 Å². The lowest BCUT2D eigenvalue weighted by molar-refractivity contribution is -0.138. The monoisotopic (exact) mass is 636 g/mol. The van der Waals surface area contributed by atoms with Crippen LogP contribution in [0.25, 0.3) is 11.8 Å². The van der Waals surface area contributed by atoms with Crippen LogP contribution >= 0.6 is 23.1 Å². The van der Waals surface area contributed by atoms with E-state index < -0.39 is 12.0 Å². The van der Waals surface area contributed by atoms with Gasteiger partial charge in [-0.3, -0.25) is 9.36 Å². The van der Waals surface area contributed by atoms with Crippen LogP contribution in [0.2, 0.25) is 0 Å². The average molecular weight is 637 g/mol. The molecule has 6 nitrogen and oxygen atoms in total. The molecule has 0 amide bonds. The number of esters is 1. The van der Waals surface area contributed by atoms with Crippen LogP contribution < -0.4 is 19.6 Å². The fourth-order valence-corrected chi connectivity index (χ4v) is 6.51. The highest BCUT2D eigenvalue weighted by molar-refractivity contribution is 7.98. The SMILES string of the molecule is CCOC(=O)C1=C(c2ccccc2)N=c2s/c(=C\c3ccc(OCc4ccc(F)cc4)cc3)c(=O)n2[C@H]1c1ccc(SC)cc1. The summed E-state index contributed by atoms with van der Waals surface area (Å²) in [6.07, 6.45) is 3.82. The van der Waals surface area contributed by atoms with Gasteiger partial charge < -0.3 is 9.47 Å². The molecule has 0 spiro atoms. The lowest BCUT2D eigenvalue weighted by Gasteiger charge is -2.26. The second-order valence-corrected chi connectivity index (χ2v) is 12.1. The van der Waals surface area contributed by atoms with Crippen molar-refractivity contribution in [2.24, 2.45) is 4.99 Å². The van der Waals surface area contributed by atoms with Gasteiger partial charge >= 0.3 is 5.97 Å². The maximum absolute atomic E-state index is 14.1. The Morgan fingerprint density at radius 2 is 1.69 bits per heavy atom. The van der Waals surface area contributed by atoms with Crippen molar-refractivity contribution in [2.75, 3.05) is 12.9 Å². The second kappa shape index (κ2) is 13.5. The third kappa shape index (κ3) is 6.55. The van der Waals surface area contributed by atoms with Gasteiger partial charge in [-0.05, 0) is 72.3 Å². The van der Waals surface area contributed by atoms with E-state index in [0.717, 1.165) is 27.1 Å². The van der Waals surface area contributed by atoms with Crippen LogP contribution in [0, 0.1) is 5.82 Å². The molecule has 5 aromatic rings. The number of ether oxygens (including phenoxy) is 2. The maximum atomic E-state index is 14.1. The molecule has 2 heterocycles. The molecule has 1 atom stereocenters. The molecular formula is C36H29FN2O4S2. The zero-order valence-corrected chi connectivity index (χ0v) is 26.2. The van der Waals surface area contributed by atoms with Crippen molar-refractivity contribution < 1.29 is 18.7 Å². The first-order valence-electron chi connectivity index (χ1n) is 14.3. The lowest BCUT2D eigenvalue weighted by Crippen LogP contribution is -2.40. The van der Waals surface area contributed by atoms with E-state index in [1.807, 2.05) is 91.2 Å². The summed E-state index contributed by atoms with van der Waals surface area (Å²) in [4.78, 5) is 34.2. The number of hydrogen-bond donors (Lipinski definition) is 0. The van der Waals surface area contributed by atoms with Crippen molar-refractivity contribution in [1.82, 2.24) is 4.57 Å². The van der Waals surface area contributed by atoms with Crippen molar-refractivity contribution in [3.8, 4) is 5.75 Å². The van der Waals surface area contributed by atoms with Crippen molar-refractivity contribution in [3.63, 3.8) is 0 Å². The van der Waals surface area contributed by atoms with Gasteiger partial charge in [-0.25, -0.2) is 14.2 Å². The Hall–Kier alpha value is -4.73. The Balaban J connectivity index is 1.43. The van der Waals surface area contributed by atoms with Gasteiger partial charge in [0.05, 0.1) is 28.5 Å². The van der Waals surface area contributed by atoms with Gasteiger partial charge in [0.15, 0.2) is 4.80 Å². The lowest BCUT2D eigenvalue weighted by atomic mass is 9.93. The first-order valence-corrected chi connectivity index (χ1v) is 16.4. The van der Waals surface area contributed by atoms with Crippen LogP contribution in [-0.4, -0.2) is 23.4 Å². The molecule has 0 radical (unpaired) electrons. The van der Waals surface area contributed by atoms with E-state index in [2.05, 4.69) is 0 Å². The topological polar surface area (TPSA) is 69.9 Å². The van der Waals surface area contributed by atoms with Crippen LogP contribution in [-0.2, 0) is 16.1 Å². The largest absolute Gasteiger partial charge is 0.489 e. The van der Waals surface area contributed by atoms with Gasteiger partial charge in [-0.15, -0.1) is 11.8 Å². The first-order chi connectivity index (χ1) is 21.9. The van der Waals surface area contributed by atoms with Gasteiger partial charge in [0.1, 0.15) is 18.2 Å². The fourth-order valence-electron chi connectivity index (χ4n) is 5.10. The number of benzene rings is 4. The quantitative estimate of drug-likeness (QED) is 0.139. The molecule has 1 aliphatic heterocycles. The Kier molecular flexibility index (Phi) is 9.09. The number of nitrogens with zero attached hydrogens (tertiary/aromatic N) is 2. The smallest absolute Gasteiger partial charge is 0.338 e. The summed E-state index contributed by atoms with van der Waals surface area (Å²) >= 11 is 2.90. The van der Waals surface area contributed by atoms with E-state index in [1.165, 1.54) is 23.5 Å². The number of thioether (sulfide) groups is 1. The summed E-state index contributed by atoms with van der Waals surface area (Å²) in [7, 11) is 0. The molecular weight excluding hydrogens is 608 g/mol. The molecule has 0 saturated carbocycles. The molecule has 1 aromatic heterocycles. The highest BCUT2D eigenvalue weighted by Crippen LogP contribution is 2.35. The first kappa shape index (κ1) is 30.3. The number of carbonyl (C=O) groups excluding carboxylic acids is 1. The van der Waals surface area contributed by atoms with Gasteiger partial charge in [-0.1, -0.05) is 78.1 Å². The van der Waals surface area contributed by atoms with E-state index in [9.17, 15) is 14.0 Å². The number of rotatable bonds is 9. The maximum Gasteiger partial charge on any atom is 0.338 e.